The number of para-hydroxylation sites is 1. The molecule has 0 saturated carbocycles. The topological polar surface area (TPSA) is 26.0 Å². The summed E-state index contributed by atoms with van der Waals surface area (Å²) in [6.45, 7) is 1.70. The highest BCUT2D eigenvalue weighted by Gasteiger charge is 2.09. The Bertz CT molecular complexity index is 537. The number of halogens is 2. The summed E-state index contributed by atoms with van der Waals surface area (Å²) in [5.74, 6) is -0.303. The summed E-state index contributed by atoms with van der Waals surface area (Å²) in [6, 6.07) is 10.4. The van der Waals surface area contributed by atoms with Crippen LogP contribution in [-0.4, -0.2) is 0 Å². The number of benzene rings is 2. The van der Waals surface area contributed by atoms with Gasteiger partial charge in [0.25, 0.3) is 0 Å². The molecule has 0 aliphatic carbocycles. The van der Waals surface area contributed by atoms with Crippen molar-refractivity contribution in [1.29, 1.82) is 0 Å². The second-order valence-electron chi connectivity index (χ2n) is 3.67. The molecule has 2 rings (SSSR count). The van der Waals surface area contributed by atoms with E-state index in [1.165, 1.54) is 6.07 Å². The molecule has 1 nitrogen and oxygen atoms in total. The Morgan fingerprint density at radius 2 is 1.81 bits per heavy atom. The van der Waals surface area contributed by atoms with Crippen LogP contribution in [0.1, 0.15) is 5.56 Å². The predicted molar refractivity (Wildman–Crippen MR) is 66.0 cm³/mol. The first-order valence-electron chi connectivity index (χ1n) is 4.90. The van der Waals surface area contributed by atoms with Gasteiger partial charge in [-0.3, -0.25) is 0 Å². The second kappa shape index (κ2) is 4.14. The molecule has 0 aliphatic heterocycles. The Morgan fingerprint density at radius 3 is 2.50 bits per heavy atom. The van der Waals surface area contributed by atoms with Gasteiger partial charge in [0.15, 0.2) is 0 Å². The molecule has 0 saturated heterocycles. The molecule has 82 valence electrons. The SMILES string of the molecule is Cc1cc(-c2ccccc2N)c(Cl)cc1F. The maximum atomic E-state index is 13.3. The van der Waals surface area contributed by atoms with Gasteiger partial charge in [0.05, 0.1) is 5.02 Å². The van der Waals surface area contributed by atoms with E-state index in [0.29, 0.717) is 16.3 Å². The van der Waals surface area contributed by atoms with Crippen LogP contribution in [0.5, 0.6) is 0 Å². The Kier molecular flexibility index (Phi) is 2.84. The van der Waals surface area contributed by atoms with E-state index < -0.39 is 0 Å². The van der Waals surface area contributed by atoms with Gasteiger partial charge in [0, 0.05) is 16.8 Å². The summed E-state index contributed by atoms with van der Waals surface area (Å²) < 4.78 is 13.3. The fourth-order valence-electron chi connectivity index (χ4n) is 1.61. The summed E-state index contributed by atoms with van der Waals surface area (Å²) >= 11 is 6.01. The van der Waals surface area contributed by atoms with Gasteiger partial charge < -0.3 is 5.73 Å². The molecule has 2 N–H and O–H groups in total. The number of hydrogen-bond donors (Lipinski definition) is 1. The smallest absolute Gasteiger partial charge is 0.127 e. The molecule has 0 aliphatic rings. The second-order valence-corrected chi connectivity index (χ2v) is 4.08. The molecule has 0 aromatic heterocycles. The van der Waals surface area contributed by atoms with Crippen molar-refractivity contribution >= 4 is 17.3 Å². The Morgan fingerprint density at radius 1 is 1.12 bits per heavy atom. The molecular weight excluding hydrogens is 225 g/mol. The van der Waals surface area contributed by atoms with Crippen LogP contribution in [-0.2, 0) is 0 Å². The maximum absolute atomic E-state index is 13.3. The molecule has 0 unspecified atom stereocenters. The van der Waals surface area contributed by atoms with Gasteiger partial charge in [-0.25, -0.2) is 4.39 Å². The van der Waals surface area contributed by atoms with Gasteiger partial charge in [-0.15, -0.1) is 0 Å². The molecule has 0 heterocycles. The normalized spacial score (nSPS) is 10.4. The van der Waals surface area contributed by atoms with Crippen LogP contribution >= 0.6 is 11.6 Å². The molecule has 0 bridgehead atoms. The van der Waals surface area contributed by atoms with Gasteiger partial charge in [-0.1, -0.05) is 29.8 Å². The van der Waals surface area contributed by atoms with E-state index in [1.807, 2.05) is 18.2 Å². The zero-order chi connectivity index (χ0) is 11.7. The van der Waals surface area contributed by atoms with Crippen molar-refractivity contribution in [3.63, 3.8) is 0 Å². The minimum Gasteiger partial charge on any atom is -0.398 e. The lowest BCUT2D eigenvalue weighted by Gasteiger charge is -2.09. The summed E-state index contributed by atoms with van der Waals surface area (Å²) in [5, 5.41) is 0.376. The molecule has 0 spiro atoms. The predicted octanol–water partition coefficient (Wildman–Crippen LogP) is 4.04. The average molecular weight is 236 g/mol. The summed E-state index contributed by atoms with van der Waals surface area (Å²) in [7, 11) is 0. The molecule has 2 aromatic carbocycles. The van der Waals surface area contributed by atoms with E-state index in [1.54, 1.807) is 19.1 Å². The molecule has 16 heavy (non-hydrogen) atoms. The Labute approximate surface area is 98.7 Å². The lowest BCUT2D eigenvalue weighted by atomic mass is 10.0. The summed E-state index contributed by atoms with van der Waals surface area (Å²) in [4.78, 5) is 0. The standard InChI is InChI=1S/C13H11ClFN/c1-8-6-10(11(14)7-12(8)15)9-4-2-3-5-13(9)16/h2-7H,16H2,1H3. The first kappa shape index (κ1) is 11.0. The third-order valence-corrected chi connectivity index (χ3v) is 2.81. The van der Waals surface area contributed by atoms with Crippen LogP contribution < -0.4 is 5.73 Å². The zero-order valence-electron chi connectivity index (χ0n) is 8.80. The highest BCUT2D eigenvalue weighted by molar-refractivity contribution is 6.33. The van der Waals surface area contributed by atoms with Gasteiger partial charge in [0.1, 0.15) is 5.82 Å². The van der Waals surface area contributed by atoms with Crippen molar-refractivity contribution in [3.8, 4) is 11.1 Å². The van der Waals surface area contributed by atoms with Gasteiger partial charge in [-0.05, 0) is 30.7 Å². The highest BCUT2D eigenvalue weighted by Crippen LogP contribution is 2.33. The first-order valence-corrected chi connectivity index (χ1v) is 5.28. The quantitative estimate of drug-likeness (QED) is 0.742. The van der Waals surface area contributed by atoms with Crippen molar-refractivity contribution in [2.75, 3.05) is 5.73 Å². The third-order valence-electron chi connectivity index (χ3n) is 2.50. The molecule has 3 heteroatoms. The number of anilines is 1. The van der Waals surface area contributed by atoms with E-state index in [2.05, 4.69) is 0 Å². The third kappa shape index (κ3) is 1.89. The number of aryl methyl sites for hydroxylation is 1. The number of hydrogen-bond acceptors (Lipinski definition) is 1. The molecule has 0 atom stereocenters. The average Bonchev–Trinajstić information content (AvgIpc) is 2.25. The monoisotopic (exact) mass is 235 g/mol. The minimum absolute atomic E-state index is 0.303. The summed E-state index contributed by atoms with van der Waals surface area (Å²) in [6.07, 6.45) is 0. The minimum atomic E-state index is -0.303. The lowest BCUT2D eigenvalue weighted by Crippen LogP contribution is -1.92. The fraction of sp³-hybridized carbons (Fsp3) is 0.0769. The van der Waals surface area contributed by atoms with Gasteiger partial charge >= 0.3 is 0 Å². The number of nitrogens with two attached hydrogens (primary N) is 1. The van der Waals surface area contributed by atoms with Crippen molar-refractivity contribution in [1.82, 2.24) is 0 Å². The van der Waals surface area contributed by atoms with E-state index in [9.17, 15) is 4.39 Å². The molecule has 0 fully saturated rings. The van der Waals surface area contributed by atoms with E-state index >= 15 is 0 Å². The van der Waals surface area contributed by atoms with E-state index in [0.717, 1.165) is 11.1 Å². The van der Waals surface area contributed by atoms with E-state index in [-0.39, 0.29) is 5.82 Å². The van der Waals surface area contributed by atoms with Gasteiger partial charge in [-0.2, -0.15) is 0 Å². The van der Waals surface area contributed by atoms with Crippen molar-refractivity contribution in [3.05, 3.63) is 52.8 Å². The first-order chi connectivity index (χ1) is 7.59. The maximum Gasteiger partial charge on any atom is 0.127 e. The van der Waals surface area contributed by atoms with Crippen LogP contribution in [0.4, 0.5) is 10.1 Å². The van der Waals surface area contributed by atoms with Crippen LogP contribution in [0, 0.1) is 12.7 Å². The highest BCUT2D eigenvalue weighted by atomic mass is 35.5. The van der Waals surface area contributed by atoms with Crippen LogP contribution in [0.3, 0.4) is 0 Å². The van der Waals surface area contributed by atoms with E-state index in [4.69, 9.17) is 17.3 Å². The largest absolute Gasteiger partial charge is 0.398 e. The number of rotatable bonds is 1. The molecule has 0 amide bonds. The van der Waals surface area contributed by atoms with Crippen LogP contribution in [0.15, 0.2) is 36.4 Å². The lowest BCUT2D eigenvalue weighted by molar-refractivity contribution is 0.619. The van der Waals surface area contributed by atoms with Crippen LogP contribution in [0.25, 0.3) is 11.1 Å². The zero-order valence-corrected chi connectivity index (χ0v) is 9.55. The molecular formula is C13H11ClFN. The Balaban J connectivity index is 2.65. The van der Waals surface area contributed by atoms with Crippen molar-refractivity contribution in [2.45, 2.75) is 6.92 Å². The Hall–Kier alpha value is -1.54. The fourth-order valence-corrected chi connectivity index (χ4v) is 1.86. The van der Waals surface area contributed by atoms with Crippen molar-refractivity contribution in [2.24, 2.45) is 0 Å². The van der Waals surface area contributed by atoms with Gasteiger partial charge in [0.2, 0.25) is 0 Å². The summed E-state index contributed by atoms with van der Waals surface area (Å²) in [5.41, 5.74) is 8.64. The molecule has 2 aromatic rings. The molecule has 0 radical (unpaired) electrons. The number of nitrogen functional groups attached to an aromatic ring is 1. The van der Waals surface area contributed by atoms with Crippen molar-refractivity contribution < 1.29 is 4.39 Å². The van der Waals surface area contributed by atoms with Crippen LogP contribution in [0.2, 0.25) is 5.02 Å².